The van der Waals surface area contributed by atoms with Gasteiger partial charge in [-0.05, 0) is 65.8 Å². The van der Waals surface area contributed by atoms with Gasteiger partial charge in [-0.1, -0.05) is 49.0 Å². The maximum Gasteiger partial charge on any atom is 0.417 e. The molecule has 3 aromatic carbocycles. The number of aryl methyl sites for hydroxylation is 1. The van der Waals surface area contributed by atoms with E-state index in [1.54, 1.807) is 55.6 Å². The van der Waals surface area contributed by atoms with Crippen molar-refractivity contribution in [1.82, 2.24) is 15.0 Å². The molecule has 3 heterocycles. The van der Waals surface area contributed by atoms with Crippen molar-refractivity contribution in [3.8, 4) is 11.5 Å². The van der Waals surface area contributed by atoms with E-state index < -0.39 is 29.2 Å². The number of anilines is 3. The van der Waals surface area contributed by atoms with Gasteiger partial charge in [-0.2, -0.15) is 13.2 Å². The van der Waals surface area contributed by atoms with E-state index in [1.165, 1.54) is 24.8 Å². The molecule has 1 atom stereocenters. The quantitative estimate of drug-likeness (QED) is 0.0690. The van der Waals surface area contributed by atoms with E-state index in [2.05, 4.69) is 15.3 Å². The third-order valence-corrected chi connectivity index (χ3v) is 9.74. The highest BCUT2D eigenvalue weighted by molar-refractivity contribution is 7.99. The lowest BCUT2D eigenvalue weighted by Crippen LogP contribution is -2.28. The van der Waals surface area contributed by atoms with Gasteiger partial charge >= 0.3 is 6.18 Å². The lowest BCUT2D eigenvalue weighted by Gasteiger charge is -2.32. The first-order valence-corrected chi connectivity index (χ1v) is 18.0. The molecule has 9 nitrogen and oxygen atoms in total. The number of pyridine rings is 1. The molecule has 5 aromatic rings. The molecule has 0 amide bonds. The van der Waals surface area contributed by atoms with Crippen molar-refractivity contribution in [3.05, 3.63) is 123 Å². The van der Waals surface area contributed by atoms with E-state index >= 15 is 4.39 Å². The Morgan fingerprint density at radius 3 is 2.19 bits per heavy atom. The zero-order valence-electron chi connectivity index (χ0n) is 29.8. The number of ether oxygens (including phenoxy) is 3. The van der Waals surface area contributed by atoms with Gasteiger partial charge < -0.3 is 30.2 Å². The van der Waals surface area contributed by atoms with Crippen LogP contribution in [0.5, 0.6) is 11.5 Å². The average molecular weight is 749 g/mol. The van der Waals surface area contributed by atoms with E-state index in [0.29, 0.717) is 51.8 Å². The number of nitrogens with zero attached hydrogens (tertiary/aromatic N) is 4. The Bertz CT molecular complexity index is 2000. The highest BCUT2D eigenvalue weighted by Gasteiger charge is 2.42. The molecule has 0 fully saturated rings. The van der Waals surface area contributed by atoms with Gasteiger partial charge in [-0.25, -0.2) is 19.3 Å². The standard InChI is InChI=1S/C39H40F4N6O3S/c1-5-53-38-47-30-18-32(52-22-29(30)37(48-38)46-19-26-7-6-16-45-36(26)44)33-34(39(41,42)43)23(2)17-31(35(33)40)49(20-24-8-12-27(50-3)13-9-24)21-25-10-14-28(51-4)15-11-25/h6-17,32H,5,18-22H2,1-4H3,(H2,44,45)(H,46,47,48). The van der Waals surface area contributed by atoms with Crippen LogP contribution in [-0.2, 0) is 43.6 Å². The average Bonchev–Trinajstić information content (AvgIpc) is 3.14. The van der Waals surface area contributed by atoms with Crippen molar-refractivity contribution < 1.29 is 31.8 Å². The Morgan fingerprint density at radius 1 is 0.981 bits per heavy atom. The minimum Gasteiger partial charge on any atom is -0.497 e. The number of alkyl halides is 3. The Balaban J connectivity index is 1.41. The van der Waals surface area contributed by atoms with Gasteiger partial charge in [0.25, 0.3) is 0 Å². The normalized spacial score (nSPS) is 14.1. The van der Waals surface area contributed by atoms with Gasteiger partial charge in [0, 0.05) is 48.9 Å². The molecular formula is C39H40F4N6O3S. The van der Waals surface area contributed by atoms with Crippen molar-refractivity contribution in [3.63, 3.8) is 0 Å². The van der Waals surface area contributed by atoms with E-state index in [-0.39, 0.29) is 37.4 Å². The zero-order chi connectivity index (χ0) is 37.7. The predicted molar refractivity (Wildman–Crippen MR) is 198 cm³/mol. The third-order valence-electron chi connectivity index (χ3n) is 9.02. The maximum atomic E-state index is 17.2. The fourth-order valence-corrected chi connectivity index (χ4v) is 6.98. The third kappa shape index (κ3) is 8.60. The molecule has 6 rings (SSSR count). The number of fused-ring (bicyclic) bond motifs is 1. The van der Waals surface area contributed by atoms with Gasteiger partial charge in [0.05, 0.1) is 43.9 Å². The van der Waals surface area contributed by atoms with Crippen molar-refractivity contribution in [1.29, 1.82) is 0 Å². The second-order valence-corrected chi connectivity index (χ2v) is 13.7. The summed E-state index contributed by atoms with van der Waals surface area (Å²) in [4.78, 5) is 15.2. The first kappa shape index (κ1) is 37.7. The van der Waals surface area contributed by atoms with Gasteiger partial charge in [0.2, 0.25) is 0 Å². The highest BCUT2D eigenvalue weighted by Crippen LogP contribution is 2.45. The number of nitrogens with one attached hydrogen (secondary N) is 1. The number of benzene rings is 3. The molecule has 0 aliphatic carbocycles. The monoisotopic (exact) mass is 748 g/mol. The van der Waals surface area contributed by atoms with Crippen LogP contribution in [0, 0.1) is 12.7 Å². The largest absolute Gasteiger partial charge is 0.497 e. The van der Waals surface area contributed by atoms with E-state index in [9.17, 15) is 13.2 Å². The molecule has 53 heavy (non-hydrogen) atoms. The summed E-state index contributed by atoms with van der Waals surface area (Å²) in [6, 6.07) is 19.4. The number of aromatic nitrogens is 3. The lowest BCUT2D eigenvalue weighted by molar-refractivity contribution is -0.140. The second kappa shape index (κ2) is 16.3. The molecule has 0 bridgehead atoms. The van der Waals surface area contributed by atoms with E-state index in [4.69, 9.17) is 24.9 Å². The summed E-state index contributed by atoms with van der Waals surface area (Å²) in [7, 11) is 3.12. The van der Waals surface area contributed by atoms with Gasteiger partial charge in [0.1, 0.15) is 23.1 Å². The molecule has 1 aliphatic rings. The van der Waals surface area contributed by atoms with Crippen LogP contribution in [0.25, 0.3) is 0 Å². The van der Waals surface area contributed by atoms with Crippen LogP contribution in [0.1, 0.15) is 57.7 Å². The Hall–Kier alpha value is -5.08. The number of halogens is 4. The fourth-order valence-electron chi connectivity index (χ4n) is 6.39. The molecule has 1 unspecified atom stereocenters. The molecule has 14 heteroatoms. The van der Waals surface area contributed by atoms with Crippen LogP contribution in [-0.4, -0.2) is 34.9 Å². The van der Waals surface area contributed by atoms with Crippen LogP contribution in [0.3, 0.4) is 0 Å². The molecule has 0 saturated heterocycles. The topological polar surface area (TPSA) is 108 Å². The van der Waals surface area contributed by atoms with Crippen LogP contribution in [0.4, 0.5) is 34.9 Å². The summed E-state index contributed by atoms with van der Waals surface area (Å²) < 4.78 is 78.7. The number of hydrogen-bond acceptors (Lipinski definition) is 10. The number of hydrogen-bond donors (Lipinski definition) is 2. The Morgan fingerprint density at radius 2 is 1.62 bits per heavy atom. The summed E-state index contributed by atoms with van der Waals surface area (Å²) in [6.07, 6.45) is -4.64. The van der Waals surface area contributed by atoms with Crippen molar-refractivity contribution in [2.24, 2.45) is 0 Å². The molecule has 278 valence electrons. The minimum absolute atomic E-state index is 0.0212. The SMILES string of the molecule is CCSc1nc2c(c(NCc3cccnc3N)n1)COC(c1c(F)c(N(Cc3ccc(OC)cc3)Cc3ccc(OC)cc3)cc(C)c1C(F)(F)F)C2. The molecule has 0 saturated carbocycles. The summed E-state index contributed by atoms with van der Waals surface area (Å²) in [6.45, 7) is 3.87. The molecule has 0 spiro atoms. The van der Waals surface area contributed by atoms with Crippen molar-refractivity contribution in [2.45, 2.75) is 63.9 Å². The maximum absolute atomic E-state index is 17.2. The number of methoxy groups -OCH3 is 2. The molecule has 1 aliphatic heterocycles. The second-order valence-electron chi connectivity index (χ2n) is 12.5. The number of nitrogen functional groups attached to an aromatic ring is 1. The molecule has 3 N–H and O–H groups in total. The fraction of sp³-hybridized carbons (Fsp3) is 0.308. The van der Waals surface area contributed by atoms with Crippen LogP contribution in [0.2, 0.25) is 0 Å². The van der Waals surface area contributed by atoms with Gasteiger partial charge in [-0.3, -0.25) is 0 Å². The predicted octanol–water partition coefficient (Wildman–Crippen LogP) is 8.68. The van der Waals surface area contributed by atoms with Crippen molar-refractivity contribution in [2.75, 3.05) is 35.9 Å². The van der Waals surface area contributed by atoms with Crippen molar-refractivity contribution >= 4 is 29.1 Å². The first-order valence-electron chi connectivity index (χ1n) is 17.0. The van der Waals surface area contributed by atoms with Crippen LogP contribution >= 0.6 is 11.8 Å². The lowest BCUT2D eigenvalue weighted by atomic mass is 9.90. The van der Waals surface area contributed by atoms with Gasteiger partial charge in [0.15, 0.2) is 11.0 Å². The summed E-state index contributed by atoms with van der Waals surface area (Å²) in [5.74, 6) is 1.79. The van der Waals surface area contributed by atoms with Gasteiger partial charge in [-0.15, -0.1) is 0 Å². The first-order chi connectivity index (χ1) is 25.5. The number of thioether (sulfide) groups is 1. The Labute approximate surface area is 309 Å². The van der Waals surface area contributed by atoms with E-state index in [0.717, 1.165) is 16.7 Å². The summed E-state index contributed by atoms with van der Waals surface area (Å²) >= 11 is 1.39. The number of nitrogens with two attached hydrogens (primary N) is 1. The molecule has 0 radical (unpaired) electrons. The zero-order valence-corrected chi connectivity index (χ0v) is 30.6. The Kier molecular flexibility index (Phi) is 11.6. The van der Waals surface area contributed by atoms with E-state index in [1.807, 2.05) is 37.3 Å². The minimum atomic E-state index is -4.86. The summed E-state index contributed by atoms with van der Waals surface area (Å²) in [5.41, 5.74) is 7.80. The number of rotatable bonds is 13. The smallest absolute Gasteiger partial charge is 0.417 e. The van der Waals surface area contributed by atoms with Crippen LogP contribution in [0.15, 0.2) is 78.1 Å². The van der Waals surface area contributed by atoms with Crippen LogP contribution < -0.4 is 25.4 Å². The molecular weight excluding hydrogens is 709 g/mol. The molecule has 2 aromatic heterocycles. The summed E-state index contributed by atoms with van der Waals surface area (Å²) in [5, 5.41) is 3.73. The highest BCUT2D eigenvalue weighted by atomic mass is 32.2.